The fourth-order valence-corrected chi connectivity index (χ4v) is 5.30. The molecule has 35 heavy (non-hydrogen) atoms. The molecule has 8 nitrogen and oxygen atoms in total. The van der Waals surface area contributed by atoms with Gasteiger partial charge in [-0.3, -0.25) is 0 Å². The third kappa shape index (κ3) is 6.12. The molecule has 2 amide bonds. The number of hydrogen-bond donors (Lipinski definition) is 1. The predicted octanol–water partition coefficient (Wildman–Crippen LogP) is 3.76. The number of benzene rings is 3. The van der Waals surface area contributed by atoms with Gasteiger partial charge in [-0.15, -0.1) is 4.83 Å². The van der Waals surface area contributed by atoms with E-state index in [0.29, 0.717) is 24.3 Å². The van der Waals surface area contributed by atoms with Crippen molar-refractivity contribution in [3.8, 4) is 11.5 Å². The summed E-state index contributed by atoms with van der Waals surface area (Å²) < 4.78 is 36.1. The molecule has 3 aromatic carbocycles. The second-order valence-corrected chi connectivity index (χ2v) is 10.0. The van der Waals surface area contributed by atoms with Gasteiger partial charge in [-0.2, -0.15) is 0 Å². The SMILES string of the molecule is COc1ccc(CCN2C(=O)N(NS(=O)(=O)Cc3ccccc3)CC2c2ccc(OC)cc2)cc1. The lowest BCUT2D eigenvalue weighted by atomic mass is 10.1. The van der Waals surface area contributed by atoms with Crippen LogP contribution < -0.4 is 14.3 Å². The second kappa shape index (κ2) is 10.8. The molecule has 0 radical (unpaired) electrons. The van der Waals surface area contributed by atoms with Crippen LogP contribution in [0.4, 0.5) is 4.79 Å². The molecule has 1 saturated heterocycles. The molecule has 0 bridgehead atoms. The Morgan fingerprint density at radius 2 is 1.46 bits per heavy atom. The van der Waals surface area contributed by atoms with Crippen molar-refractivity contribution in [2.24, 2.45) is 0 Å². The first-order valence-electron chi connectivity index (χ1n) is 11.3. The van der Waals surface area contributed by atoms with Gasteiger partial charge in [-0.1, -0.05) is 54.6 Å². The van der Waals surface area contributed by atoms with Crippen LogP contribution in [-0.2, 0) is 22.2 Å². The molecule has 1 N–H and O–H groups in total. The summed E-state index contributed by atoms with van der Waals surface area (Å²) in [5, 5.41) is 1.20. The molecule has 1 atom stereocenters. The van der Waals surface area contributed by atoms with E-state index < -0.39 is 10.0 Å². The normalized spacial score (nSPS) is 15.9. The second-order valence-electron chi connectivity index (χ2n) is 8.31. The molecule has 184 valence electrons. The Morgan fingerprint density at radius 1 is 0.857 bits per heavy atom. The first-order chi connectivity index (χ1) is 16.9. The topological polar surface area (TPSA) is 88.2 Å². The van der Waals surface area contributed by atoms with E-state index in [-0.39, 0.29) is 24.4 Å². The summed E-state index contributed by atoms with van der Waals surface area (Å²) in [5.41, 5.74) is 2.60. The van der Waals surface area contributed by atoms with E-state index >= 15 is 0 Å². The molecule has 1 aliphatic heterocycles. The van der Waals surface area contributed by atoms with E-state index in [1.807, 2.05) is 54.6 Å². The summed E-state index contributed by atoms with van der Waals surface area (Å²) in [6, 6.07) is 23.3. The van der Waals surface area contributed by atoms with Crippen molar-refractivity contribution in [2.45, 2.75) is 18.2 Å². The standard InChI is InChI=1S/C26H29N3O5S/c1-33-23-12-8-20(9-13-23)16-17-28-25(22-10-14-24(34-2)15-11-22)18-29(26(28)30)27-35(31,32)19-21-6-4-3-5-7-21/h3-15,25,27H,16-19H2,1-2H3. The van der Waals surface area contributed by atoms with Gasteiger partial charge in [0.05, 0.1) is 32.6 Å². The van der Waals surface area contributed by atoms with Gasteiger partial charge in [0.15, 0.2) is 0 Å². The van der Waals surface area contributed by atoms with E-state index in [1.165, 1.54) is 5.01 Å². The van der Waals surface area contributed by atoms with Crippen LogP contribution in [0, 0.1) is 0 Å². The average molecular weight is 496 g/mol. The lowest BCUT2D eigenvalue weighted by Crippen LogP contribution is -2.45. The van der Waals surface area contributed by atoms with Crippen LogP contribution >= 0.6 is 0 Å². The van der Waals surface area contributed by atoms with Gasteiger partial charge in [-0.25, -0.2) is 18.2 Å². The molecule has 0 spiro atoms. The van der Waals surface area contributed by atoms with Crippen LogP contribution in [0.1, 0.15) is 22.7 Å². The number of carbonyl (C=O) groups is 1. The van der Waals surface area contributed by atoms with Crippen LogP contribution in [0.3, 0.4) is 0 Å². The number of amides is 2. The number of nitrogens with zero attached hydrogens (tertiary/aromatic N) is 2. The van der Waals surface area contributed by atoms with Crippen molar-refractivity contribution in [3.63, 3.8) is 0 Å². The highest BCUT2D eigenvalue weighted by molar-refractivity contribution is 7.88. The van der Waals surface area contributed by atoms with E-state index in [9.17, 15) is 13.2 Å². The Morgan fingerprint density at radius 3 is 2.06 bits per heavy atom. The van der Waals surface area contributed by atoms with Gasteiger partial charge < -0.3 is 14.4 Å². The zero-order valence-electron chi connectivity index (χ0n) is 19.8. The van der Waals surface area contributed by atoms with Gasteiger partial charge in [0, 0.05) is 6.54 Å². The number of nitrogens with one attached hydrogen (secondary N) is 1. The van der Waals surface area contributed by atoms with Crippen molar-refractivity contribution in [1.29, 1.82) is 0 Å². The highest BCUT2D eigenvalue weighted by Crippen LogP contribution is 2.30. The maximum Gasteiger partial charge on any atom is 0.335 e. The average Bonchev–Trinajstić information content (AvgIpc) is 3.17. The molecule has 1 unspecified atom stereocenters. The van der Waals surface area contributed by atoms with Crippen LogP contribution in [0.15, 0.2) is 78.9 Å². The van der Waals surface area contributed by atoms with Crippen LogP contribution in [-0.4, -0.2) is 51.7 Å². The summed E-state index contributed by atoms with van der Waals surface area (Å²) in [6.45, 7) is 0.626. The molecule has 3 aromatic rings. The first-order valence-corrected chi connectivity index (χ1v) is 12.9. The Hall–Kier alpha value is -3.56. The third-order valence-electron chi connectivity index (χ3n) is 5.96. The van der Waals surface area contributed by atoms with Crippen LogP contribution in [0.5, 0.6) is 11.5 Å². The van der Waals surface area contributed by atoms with Crippen LogP contribution in [0.25, 0.3) is 0 Å². The highest BCUT2D eigenvalue weighted by Gasteiger charge is 2.39. The summed E-state index contributed by atoms with van der Waals surface area (Å²) in [4.78, 5) is 17.5. The van der Waals surface area contributed by atoms with Gasteiger partial charge in [0.2, 0.25) is 10.0 Å². The molecular formula is C26H29N3O5S. The van der Waals surface area contributed by atoms with Crippen molar-refractivity contribution in [1.82, 2.24) is 14.7 Å². The monoisotopic (exact) mass is 495 g/mol. The van der Waals surface area contributed by atoms with Gasteiger partial charge in [0.1, 0.15) is 11.5 Å². The maximum atomic E-state index is 13.3. The molecule has 1 heterocycles. The molecular weight excluding hydrogens is 466 g/mol. The van der Waals surface area contributed by atoms with Crippen molar-refractivity contribution in [3.05, 3.63) is 95.6 Å². The summed E-state index contributed by atoms with van der Waals surface area (Å²) in [5.74, 6) is 1.26. The maximum absolute atomic E-state index is 13.3. The summed E-state index contributed by atoms with van der Waals surface area (Å²) in [6.07, 6.45) is 0.618. The van der Waals surface area contributed by atoms with Gasteiger partial charge in [0.25, 0.3) is 0 Å². The van der Waals surface area contributed by atoms with Crippen LogP contribution in [0.2, 0.25) is 0 Å². The smallest absolute Gasteiger partial charge is 0.335 e. The number of urea groups is 1. The summed E-state index contributed by atoms with van der Waals surface area (Å²) in [7, 11) is -0.559. The number of methoxy groups -OCH3 is 2. The zero-order chi connectivity index (χ0) is 24.8. The Labute approximate surface area is 206 Å². The number of ether oxygens (including phenoxy) is 2. The summed E-state index contributed by atoms with van der Waals surface area (Å²) >= 11 is 0. The highest BCUT2D eigenvalue weighted by atomic mass is 32.2. The minimum atomic E-state index is -3.77. The number of hydrazine groups is 1. The molecule has 0 saturated carbocycles. The molecule has 1 fully saturated rings. The molecule has 9 heteroatoms. The minimum absolute atomic E-state index is 0.196. The minimum Gasteiger partial charge on any atom is -0.497 e. The van der Waals surface area contributed by atoms with Crippen molar-refractivity contribution in [2.75, 3.05) is 27.3 Å². The number of carbonyl (C=O) groups excluding carboxylic acids is 1. The number of hydrogen-bond acceptors (Lipinski definition) is 5. The van der Waals surface area contributed by atoms with E-state index in [1.54, 1.807) is 43.4 Å². The Bertz CT molecular complexity index is 1230. The zero-order valence-corrected chi connectivity index (χ0v) is 20.6. The van der Waals surface area contributed by atoms with Gasteiger partial charge in [-0.05, 0) is 47.4 Å². The largest absolute Gasteiger partial charge is 0.497 e. The van der Waals surface area contributed by atoms with Crippen molar-refractivity contribution < 1.29 is 22.7 Å². The van der Waals surface area contributed by atoms with Gasteiger partial charge >= 0.3 is 6.03 Å². The fraction of sp³-hybridized carbons (Fsp3) is 0.269. The Kier molecular flexibility index (Phi) is 7.57. The number of rotatable bonds is 10. The molecule has 0 aromatic heterocycles. The molecule has 0 aliphatic carbocycles. The third-order valence-corrected chi connectivity index (χ3v) is 7.17. The quantitative estimate of drug-likeness (QED) is 0.463. The van der Waals surface area contributed by atoms with E-state index in [4.69, 9.17) is 9.47 Å². The lowest BCUT2D eigenvalue weighted by Gasteiger charge is -2.23. The molecule has 1 aliphatic rings. The predicted molar refractivity (Wildman–Crippen MR) is 133 cm³/mol. The fourth-order valence-electron chi connectivity index (χ4n) is 4.11. The van der Waals surface area contributed by atoms with E-state index in [2.05, 4.69) is 4.83 Å². The molecule has 4 rings (SSSR count). The van der Waals surface area contributed by atoms with E-state index in [0.717, 1.165) is 16.9 Å². The first kappa shape index (κ1) is 24.6. The lowest BCUT2D eigenvalue weighted by molar-refractivity contribution is 0.182. The van der Waals surface area contributed by atoms with Crippen molar-refractivity contribution >= 4 is 16.1 Å². The Balaban J connectivity index is 1.52. The number of sulfonamides is 1.